The first-order chi connectivity index (χ1) is 16.7. The van der Waals surface area contributed by atoms with Crippen molar-refractivity contribution in [3.8, 4) is 5.75 Å². The van der Waals surface area contributed by atoms with Crippen LogP contribution in [-0.2, 0) is 22.6 Å². The van der Waals surface area contributed by atoms with Gasteiger partial charge in [-0.3, -0.25) is 9.59 Å². The molecule has 0 unspecified atom stereocenters. The molecule has 5 nitrogen and oxygen atoms in total. The molecule has 0 aromatic heterocycles. The summed E-state index contributed by atoms with van der Waals surface area (Å²) < 4.78 is 5.80. The molecule has 2 amide bonds. The normalized spacial score (nSPS) is 11.7. The summed E-state index contributed by atoms with van der Waals surface area (Å²) in [4.78, 5) is 28.4. The lowest BCUT2D eigenvalue weighted by Gasteiger charge is -2.32. The Kier molecular flexibility index (Phi) is 9.58. The van der Waals surface area contributed by atoms with Crippen molar-refractivity contribution in [1.29, 1.82) is 0 Å². The molecule has 0 aliphatic rings. The number of nitrogens with one attached hydrogen (secondary N) is 1. The largest absolute Gasteiger partial charge is 0.484 e. The van der Waals surface area contributed by atoms with E-state index in [2.05, 4.69) is 5.32 Å². The second-order valence-corrected chi connectivity index (χ2v) is 9.57. The van der Waals surface area contributed by atoms with Gasteiger partial charge in [0.05, 0.1) is 0 Å². The van der Waals surface area contributed by atoms with Crippen LogP contribution >= 0.6 is 23.2 Å². The average Bonchev–Trinajstić information content (AvgIpc) is 2.81. The number of aryl methyl sites for hydroxylation is 1. The molecule has 1 atom stereocenters. The highest BCUT2D eigenvalue weighted by Crippen LogP contribution is 2.24. The van der Waals surface area contributed by atoms with Gasteiger partial charge in [-0.25, -0.2) is 0 Å². The van der Waals surface area contributed by atoms with Gasteiger partial charge in [0.2, 0.25) is 5.91 Å². The van der Waals surface area contributed by atoms with Crippen molar-refractivity contribution in [3.05, 3.63) is 99.5 Å². The number of rotatable bonds is 10. The average molecular weight is 513 g/mol. The Morgan fingerprint density at radius 1 is 0.971 bits per heavy atom. The molecule has 3 aromatic carbocycles. The smallest absolute Gasteiger partial charge is 0.261 e. The van der Waals surface area contributed by atoms with E-state index in [9.17, 15) is 9.59 Å². The molecule has 0 aliphatic carbocycles. The summed E-state index contributed by atoms with van der Waals surface area (Å²) in [7, 11) is 0. The Bertz CT molecular complexity index is 1150. The number of halogens is 2. The summed E-state index contributed by atoms with van der Waals surface area (Å²) in [5.41, 5.74) is 2.66. The predicted octanol–water partition coefficient (Wildman–Crippen LogP) is 5.85. The molecule has 0 saturated carbocycles. The van der Waals surface area contributed by atoms with Gasteiger partial charge in [0.1, 0.15) is 11.8 Å². The number of hydrogen-bond acceptors (Lipinski definition) is 3. The van der Waals surface area contributed by atoms with Crippen LogP contribution in [0.2, 0.25) is 10.0 Å². The van der Waals surface area contributed by atoms with Crippen LogP contribution in [0.15, 0.2) is 72.8 Å². The molecule has 0 bridgehead atoms. The van der Waals surface area contributed by atoms with Crippen LogP contribution in [0.4, 0.5) is 0 Å². The highest BCUT2D eigenvalue weighted by atomic mass is 35.5. The van der Waals surface area contributed by atoms with Gasteiger partial charge in [-0.1, -0.05) is 71.7 Å². The molecule has 0 saturated heterocycles. The Morgan fingerprint density at radius 2 is 1.71 bits per heavy atom. The summed E-state index contributed by atoms with van der Waals surface area (Å²) in [6, 6.07) is 21.4. The van der Waals surface area contributed by atoms with E-state index in [1.165, 1.54) is 4.90 Å². The summed E-state index contributed by atoms with van der Waals surface area (Å²) in [6.07, 6.45) is 0.348. The van der Waals surface area contributed by atoms with Gasteiger partial charge in [0.25, 0.3) is 5.91 Å². The quantitative estimate of drug-likeness (QED) is 0.370. The monoisotopic (exact) mass is 512 g/mol. The zero-order valence-electron chi connectivity index (χ0n) is 20.1. The van der Waals surface area contributed by atoms with Crippen molar-refractivity contribution in [2.45, 2.75) is 45.8 Å². The lowest BCUT2D eigenvalue weighted by atomic mass is 10.0. The number of nitrogens with zero attached hydrogens (tertiary/aromatic N) is 1. The summed E-state index contributed by atoms with van der Waals surface area (Å²) in [5.74, 6) is 0.0317. The molecule has 0 spiro atoms. The van der Waals surface area contributed by atoms with Crippen molar-refractivity contribution < 1.29 is 14.3 Å². The van der Waals surface area contributed by atoms with Crippen molar-refractivity contribution >= 4 is 35.0 Å². The van der Waals surface area contributed by atoms with E-state index < -0.39 is 6.04 Å². The van der Waals surface area contributed by atoms with Crippen LogP contribution in [0.5, 0.6) is 5.75 Å². The Morgan fingerprint density at radius 3 is 2.37 bits per heavy atom. The lowest BCUT2D eigenvalue weighted by molar-refractivity contribution is -0.143. The molecule has 1 N–H and O–H groups in total. The Balaban J connectivity index is 1.94. The number of carbonyl (C=O) groups excluding carboxylic acids is 2. The summed E-state index contributed by atoms with van der Waals surface area (Å²) in [5, 5.41) is 3.89. The highest BCUT2D eigenvalue weighted by molar-refractivity contribution is 6.35. The van der Waals surface area contributed by atoms with E-state index in [0.717, 1.165) is 11.1 Å². The number of benzene rings is 3. The van der Waals surface area contributed by atoms with Crippen LogP contribution in [0, 0.1) is 6.92 Å². The van der Waals surface area contributed by atoms with Gasteiger partial charge in [-0.15, -0.1) is 0 Å². The number of ether oxygens (including phenoxy) is 1. The fourth-order valence-corrected chi connectivity index (χ4v) is 4.17. The Labute approximate surface area is 217 Å². The van der Waals surface area contributed by atoms with Crippen molar-refractivity contribution in [2.24, 2.45) is 0 Å². The van der Waals surface area contributed by atoms with Gasteiger partial charge in [-0.2, -0.15) is 0 Å². The molecule has 3 aromatic rings. The van der Waals surface area contributed by atoms with Crippen molar-refractivity contribution in [3.63, 3.8) is 0 Å². The molecule has 0 aliphatic heterocycles. The van der Waals surface area contributed by atoms with Crippen LogP contribution in [0.25, 0.3) is 0 Å². The number of amides is 2. The van der Waals surface area contributed by atoms with Crippen LogP contribution < -0.4 is 10.1 Å². The fraction of sp³-hybridized carbons (Fsp3) is 0.286. The third-order valence-corrected chi connectivity index (χ3v) is 6.00. The van der Waals surface area contributed by atoms with E-state index in [1.807, 2.05) is 69.3 Å². The van der Waals surface area contributed by atoms with E-state index in [-0.39, 0.29) is 31.0 Å². The van der Waals surface area contributed by atoms with Crippen molar-refractivity contribution in [2.75, 3.05) is 6.61 Å². The van der Waals surface area contributed by atoms with Gasteiger partial charge in [0, 0.05) is 29.1 Å². The first-order valence-electron chi connectivity index (χ1n) is 11.5. The van der Waals surface area contributed by atoms with Crippen molar-refractivity contribution in [1.82, 2.24) is 10.2 Å². The number of carbonyl (C=O) groups is 2. The number of hydrogen-bond donors (Lipinski definition) is 1. The minimum atomic E-state index is -0.764. The maximum Gasteiger partial charge on any atom is 0.261 e. The molecule has 35 heavy (non-hydrogen) atoms. The maximum absolute atomic E-state index is 13.6. The predicted molar refractivity (Wildman–Crippen MR) is 141 cm³/mol. The second-order valence-electron chi connectivity index (χ2n) is 8.73. The van der Waals surface area contributed by atoms with Gasteiger partial charge >= 0.3 is 0 Å². The standard InChI is InChI=1S/C28H30Cl2N2O3/c1-19(2)31-28(34)26(15-21-9-5-4-6-10-21)32(17-22-12-13-23(29)16-25(22)30)27(33)18-35-24-11-7-8-20(3)14-24/h4-14,16,19,26H,15,17-18H2,1-3H3,(H,31,34)/t26-/m1/s1. The molecular formula is C28H30Cl2N2O3. The van der Waals surface area contributed by atoms with E-state index in [4.69, 9.17) is 27.9 Å². The molecule has 0 radical (unpaired) electrons. The first kappa shape index (κ1) is 26.6. The first-order valence-corrected chi connectivity index (χ1v) is 12.3. The minimum Gasteiger partial charge on any atom is -0.484 e. The van der Waals surface area contributed by atoms with Gasteiger partial charge in [-0.05, 0) is 61.7 Å². The van der Waals surface area contributed by atoms with Crippen LogP contribution in [-0.4, -0.2) is 35.4 Å². The SMILES string of the molecule is Cc1cccc(OCC(=O)N(Cc2ccc(Cl)cc2Cl)[C@H](Cc2ccccc2)C(=O)NC(C)C)c1. The second kappa shape index (κ2) is 12.6. The molecule has 184 valence electrons. The molecule has 3 rings (SSSR count). The lowest BCUT2D eigenvalue weighted by Crippen LogP contribution is -2.52. The molecule has 0 fully saturated rings. The third kappa shape index (κ3) is 8.01. The van der Waals surface area contributed by atoms with Crippen LogP contribution in [0.1, 0.15) is 30.5 Å². The molecule has 7 heteroatoms. The summed E-state index contributed by atoms with van der Waals surface area (Å²) in [6.45, 7) is 5.65. The minimum absolute atomic E-state index is 0.0830. The van der Waals surface area contributed by atoms with E-state index >= 15 is 0 Å². The van der Waals surface area contributed by atoms with Gasteiger partial charge < -0.3 is 15.0 Å². The van der Waals surface area contributed by atoms with Crippen LogP contribution in [0.3, 0.4) is 0 Å². The van der Waals surface area contributed by atoms with E-state index in [0.29, 0.717) is 27.8 Å². The Hall–Kier alpha value is -3.02. The zero-order valence-corrected chi connectivity index (χ0v) is 21.6. The third-order valence-electron chi connectivity index (χ3n) is 5.41. The van der Waals surface area contributed by atoms with Gasteiger partial charge in [0.15, 0.2) is 6.61 Å². The zero-order chi connectivity index (χ0) is 25.4. The van der Waals surface area contributed by atoms with E-state index in [1.54, 1.807) is 24.3 Å². The topological polar surface area (TPSA) is 58.6 Å². The highest BCUT2D eigenvalue weighted by Gasteiger charge is 2.31. The molecular weight excluding hydrogens is 483 g/mol. The summed E-state index contributed by atoms with van der Waals surface area (Å²) >= 11 is 12.5. The fourth-order valence-electron chi connectivity index (χ4n) is 3.70. The maximum atomic E-state index is 13.6. The molecule has 0 heterocycles.